The van der Waals surface area contributed by atoms with Gasteiger partial charge in [0.1, 0.15) is 23.0 Å². The molecule has 0 aliphatic carbocycles. The first-order valence-electron chi connectivity index (χ1n) is 14.2. The molecule has 4 nitrogen and oxygen atoms in total. The Bertz CT molecular complexity index is 1440. The molecular formula is C38H36FeO4P2-6. The molecule has 0 heterocycles. The van der Waals surface area contributed by atoms with Crippen LogP contribution in [0.3, 0.4) is 0 Å². The summed E-state index contributed by atoms with van der Waals surface area (Å²) in [5, 5.41) is 7.95. The Hall–Kier alpha value is -3.84. The van der Waals surface area contributed by atoms with Crippen molar-refractivity contribution >= 4 is 47.7 Å². The van der Waals surface area contributed by atoms with Crippen LogP contribution in [0, 0.1) is 0 Å². The summed E-state index contributed by atoms with van der Waals surface area (Å²) in [6.45, 7) is 0. The smallest absolute Gasteiger partial charge is 0.118 e. The van der Waals surface area contributed by atoms with Crippen LogP contribution < -0.4 is 50.8 Å². The molecule has 0 N–H and O–H groups in total. The van der Waals surface area contributed by atoms with E-state index in [1.165, 1.54) is 31.8 Å². The zero-order valence-corrected chi connectivity index (χ0v) is 28.6. The summed E-state index contributed by atoms with van der Waals surface area (Å²) in [7, 11) is 5.66. The standard InChI is InChI=1S/2C19H18O2P.Fe/c2*1-20-15-7-11-18(12-8-15)22(17-5-3-4-6-17)19-13-9-16(21-2)10-14-19;/h2*3-14H,1-2H3;/q-5;-1;. The second-order valence-corrected chi connectivity index (χ2v) is 14.2. The average molecular weight is 674 g/mol. The van der Waals surface area contributed by atoms with Crippen molar-refractivity contribution in [3.05, 3.63) is 146 Å². The first kappa shape index (κ1) is 34.0. The number of hydrogen-bond donors (Lipinski definition) is 0. The molecule has 45 heavy (non-hydrogen) atoms. The normalized spacial score (nSPS) is 10.4. The van der Waals surface area contributed by atoms with E-state index in [1.807, 2.05) is 48.5 Å². The van der Waals surface area contributed by atoms with Crippen molar-refractivity contribution in [1.82, 2.24) is 0 Å². The number of rotatable bonds is 10. The minimum Gasteiger partial charge on any atom is -0.747 e. The predicted octanol–water partition coefficient (Wildman–Crippen LogP) is 6.36. The third-order valence-electron chi connectivity index (χ3n) is 7.13. The summed E-state index contributed by atoms with van der Waals surface area (Å²) in [6.07, 6.45) is 0. The van der Waals surface area contributed by atoms with Gasteiger partial charge in [-0.15, -0.1) is 5.30 Å². The zero-order chi connectivity index (χ0) is 30.7. The Morgan fingerprint density at radius 1 is 0.444 bits per heavy atom. The third kappa shape index (κ3) is 8.66. The van der Waals surface area contributed by atoms with E-state index in [9.17, 15) is 0 Å². The quantitative estimate of drug-likeness (QED) is 0.0964. The van der Waals surface area contributed by atoms with Crippen molar-refractivity contribution in [3.63, 3.8) is 0 Å². The van der Waals surface area contributed by atoms with Crippen LogP contribution in [0.4, 0.5) is 0 Å². The molecule has 0 saturated carbocycles. The summed E-state index contributed by atoms with van der Waals surface area (Å²) in [5.41, 5.74) is 0. The van der Waals surface area contributed by atoms with Gasteiger partial charge in [-0.3, -0.25) is 0 Å². The van der Waals surface area contributed by atoms with E-state index in [2.05, 4.69) is 97.1 Å². The fraction of sp³-hybridized carbons (Fsp3) is 0.105. The molecule has 6 aromatic carbocycles. The van der Waals surface area contributed by atoms with Gasteiger partial charge >= 0.3 is 0 Å². The molecule has 0 spiro atoms. The monoisotopic (exact) mass is 674 g/mol. The van der Waals surface area contributed by atoms with Crippen molar-refractivity contribution < 1.29 is 36.0 Å². The molecule has 0 aliphatic heterocycles. The molecule has 0 atom stereocenters. The fourth-order valence-corrected chi connectivity index (χ4v) is 9.36. The molecular weight excluding hydrogens is 638 g/mol. The van der Waals surface area contributed by atoms with E-state index in [0.717, 1.165) is 23.0 Å². The molecule has 0 bridgehead atoms. The molecule has 0 unspecified atom stereocenters. The first-order chi connectivity index (χ1) is 21.6. The van der Waals surface area contributed by atoms with Crippen LogP contribution in [0.15, 0.2) is 146 Å². The Labute approximate surface area is 279 Å². The summed E-state index contributed by atoms with van der Waals surface area (Å²) < 4.78 is 21.1. The minimum atomic E-state index is -0.555. The van der Waals surface area contributed by atoms with Crippen LogP contribution in [-0.4, -0.2) is 28.4 Å². The van der Waals surface area contributed by atoms with Crippen LogP contribution in [0.1, 0.15) is 0 Å². The molecule has 0 amide bonds. The van der Waals surface area contributed by atoms with Gasteiger partial charge in [-0.2, -0.15) is 12.1 Å². The molecule has 0 aliphatic rings. The molecule has 6 rings (SSSR count). The molecule has 0 aromatic heterocycles. The summed E-state index contributed by atoms with van der Waals surface area (Å²) in [4.78, 5) is 0. The van der Waals surface area contributed by atoms with E-state index in [1.54, 1.807) is 28.4 Å². The Morgan fingerprint density at radius 3 is 1.02 bits per heavy atom. The van der Waals surface area contributed by atoms with Gasteiger partial charge in [0.25, 0.3) is 0 Å². The van der Waals surface area contributed by atoms with Gasteiger partial charge in [0.15, 0.2) is 0 Å². The van der Waals surface area contributed by atoms with Crippen LogP contribution in [0.5, 0.6) is 23.0 Å². The molecule has 236 valence electrons. The van der Waals surface area contributed by atoms with Gasteiger partial charge in [-0.05, 0) is 59.1 Å². The average Bonchev–Trinajstić information content (AvgIpc) is 3.83. The number of hydrogen-bond acceptors (Lipinski definition) is 4. The van der Waals surface area contributed by atoms with Gasteiger partial charge in [-0.1, -0.05) is 67.1 Å². The molecule has 6 aromatic rings. The number of methoxy groups -OCH3 is 4. The third-order valence-corrected chi connectivity index (χ3v) is 12.0. The van der Waals surface area contributed by atoms with E-state index < -0.39 is 15.8 Å². The largest absolute Gasteiger partial charge is 0.747 e. The van der Waals surface area contributed by atoms with E-state index in [-0.39, 0.29) is 17.1 Å². The predicted molar refractivity (Wildman–Crippen MR) is 188 cm³/mol. The van der Waals surface area contributed by atoms with E-state index in [0.29, 0.717) is 0 Å². The van der Waals surface area contributed by atoms with Crippen LogP contribution in [0.2, 0.25) is 0 Å². The minimum absolute atomic E-state index is 0. The van der Waals surface area contributed by atoms with E-state index in [4.69, 9.17) is 18.9 Å². The van der Waals surface area contributed by atoms with Crippen molar-refractivity contribution in [2.24, 2.45) is 0 Å². The topological polar surface area (TPSA) is 36.9 Å². The van der Waals surface area contributed by atoms with Gasteiger partial charge in [-0.25, -0.2) is 20.1 Å². The van der Waals surface area contributed by atoms with Crippen LogP contribution in [0.25, 0.3) is 0 Å². The number of ether oxygens (including phenoxy) is 4. The summed E-state index contributed by atoms with van der Waals surface area (Å²) >= 11 is 0. The van der Waals surface area contributed by atoms with Crippen LogP contribution >= 0.6 is 15.8 Å². The molecule has 7 heteroatoms. The van der Waals surface area contributed by atoms with Gasteiger partial charge in [0.05, 0.1) is 28.4 Å². The van der Waals surface area contributed by atoms with Gasteiger partial charge in [0.2, 0.25) is 0 Å². The maximum atomic E-state index is 5.27. The summed E-state index contributed by atoms with van der Waals surface area (Å²) in [5.74, 6) is 3.54. The first-order valence-corrected chi connectivity index (χ1v) is 16.9. The SMILES string of the molecule is COc1ccc(P(c2ccc(OC)cc2)[c-]2[cH-][cH-][cH-][cH-]2)cc1.COc1ccc(P(c2ccc(OC)cc2)[c-]2cccc2)cc1.[Fe]. The zero-order valence-electron chi connectivity index (χ0n) is 25.7. The van der Waals surface area contributed by atoms with Crippen molar-refractivity contribution in [2.45, 2.75) is 0 Å². The Kier molecular flexibility index (Phi) is 12.9. The Balaban J connectivity index is 0.000000200. The number of benzene rings is 4. The maximum absolute atomic E-state index is 5.27. The van der Waals surface area contributed by atoms with Crippen molar-refractivity contribution in [3.8, 4) is 23.0 Å². The molecule has 0 saturated heterocycles. The van der Waals surface area contributed by atoms with Crippen LogP contribution in [-0.2, 0) is 17.1 Å². The fourth-order valence-electron chi connectivity index (χ4n) is 4.85. The Morgan fingerprint density at radius 2 is 0.733 bits per heavy atom. The maximum Gasteiger partial charge on any atom is 0.118 e. The van der Waals surface area contributed by atoms with Crippen molar-refractivity contribution in [2.75, 3.05) is 28.4 Å². The van der Waals surface area contributed by atoms with Crippen molar-refractivity contribution in [1.29, 1.82) is 0 Å². The molecule has 0 fully saturated rings. The van der Waals surface area contributed by atoms with Gasteiger partial charge in [0, 0.05) is 17.1 Å². The second-order valence-electron chi connectivity index (χ2n) is 9.75. The van der Waals surface area contributed by atoms with Gasteiger partial charge < -0.3 is 48.5 Å². The van der Waals surface area contributed by atoms with E-state index >= 15 is 0 Å². The molecule has 0 radical (unpaired) electrons. The second kappa shape index (κ2) is 17.0. The summed E-state index contributed by atoms with van der Waals surface area (Å²) in [6, 6.07) is 50.6.